The van der Waals surface area contributed by atoms with Gasteiger partial charge >= 0.3 is 0 Å². The number of thiophene rings is 1. The number of aromatic nitrogens is 3. The van der Waals surface area contributed by atoms with Gasteiger partial charge in [-0.25, -0.2) is 9.37 Å². The molecule has 3 aromatic heterocycles. The molecular weight excluding hydrogens is 325 g/mol. The first kappa shape index (κ1) is 15.4. The van der Waals surface area contributed by atoms with E-state index in [1.165, 1.54) is 9.44 Å². The summed E-state index contributed by atoms with van der Waals surface area (Å²) in [7, 11) is 0. The van der Waals surface area contributed by atoms with E-state index in [9.17, 15) is 9.18 Å². The number of pyridine rings is 1. The second-order valence-corrected chi connectivity index (χ2v) is 7.41. The maximum absolute atomic E-state index is 13.1. The van der Waals surface area contributed by atoms with Crippen molar-refractivity contribution in [1.82, 2.24) is 14.5 Å². The number of alkyl halides is 1. The van der Waals surface area contributed by atoms with Gasteiger partial charge in [-0.15, -0.1) is 11.3 Å². The molecule has 6 heteroatoms. The summed E-state index contributed by atoms with van der Waals surface area (Å²) in [5, 5.41) is 0.690. The lowest BCUT2D eigenvalue weighted by molar-refractivity contribution is 0.441. The standard InChI is InChI=1S/C18H18FN3OS/c1-11-5-6-12-14(10-11)24-17-15(12)18(23)22(9-7-19)16(21-17)13-4-2-3-8-20-13/h2-4,8,11H,5-7,9-10H2,1H3. The Labute approximate surface area is 143 Å². The number of rotatable bonds is 3. The van der Waals surface area contributed by atoms with E-state index in [2.05, 4.69) is 11.9 Å². The first-order valence-electron chi connectivity index (χ1n) is 8.21. The molecule has 0 saturated carbocycles. The van der Waals surface area contributed by atoms with E-state index in [-0.39, 0.29) is 12.1 Å². The van der Waals surface area contributed by atoms with Crippen LogP contribution in [0.5, 0.6) is 0 Å². The summed E-state index contributed by atoms with van der Waals surface area (Å²) in [5.74, 6) is 1.09. The van der Waals surface area contributed by atoms with Crippen LogP contribution in [0.3, 0.4) is 0 Å². The highest BCUT2D eigenvalue weighted by molar-refractivity contribution is 7.18. The van der Waals surface area contributed by atoms with Crippen molar-refractivity contribution >= 4 is 21.6 Å². The molecular formula is C18H18FN3OS. The van der Waals surface area contributed by atoms with Crippen LogP contribution in [0.2, 0.25) is 0 Å². The van der Waals surface area contributed by atoms with Crippen molar-refractivity contribution in [3.8, 4) is 11.5 Å². The van der Waals surface area contributed by atoms with Crippen molar-refractivity contribution in [1.29, 1.82) is 0 Å². The lowest BCUT2D eigenvalue weighted by Gasteiger charge is -2.17. The van der Waals surface area contributed by atoms with E-state index in [1.54, 1.807) is 23.6 Å². The van der Waals surface area contributed by atoms with Crippen LogP contribution in [0.4, 0.5) is 4.39 Å². The third-order valence-corrected chi connectivity index (χ3v) is 5.77. The molecule has 4 rings (SSSR count). The Morgan fingerprint density at radius 2 is 2.29 bits per heavy atom. The topological polar surface area (TPSA) is 47.8 Å². The van der Waals surface area contributed by atoms with Crippen LogP contribution < -0.4 is 5.56 Å². The van der Waals surface area contributed by atoms with Crippen molar-refractivity contribution in [3.05, 3.63) is 45.2 Å². The number of hydrogen-bond acceptors (Lipinski definition) is 4. The highest BCUT2D eigenvalue weighted by atomic mass is 32.1. The van der Waals surface area contributed by atoms with E-state index in [0.29, 0.717) is 22.8 Å². The molecule has 1 aliphatic rings. The normalized spacial score (nSPS) is 17.2. The van der Waals surface area contributed by atoms with Gasteiger partial charge in [0.05, 0.1) is 11.9 Å². The Hall–Kier alpha value is -2.08. The summed E-state index contributed by atoms with van der Waals surface area (Å²) in [6.45, 7) is 1.65. The summed E-state index contributed by atoms with van der Waals surface area (Å²) in [5.41, 5.74) is 1.60. The molecule has 24 heavy (non-hydrogen) atoms. The molecule has 3 aromatic rings. The molecule has 1 atom stereocenters. The van der Waals surface area contributed by atoms with Crippen molar-refractivity contribution in [2.45, 2.75) is 32.7 Å². The van der Waals surface area contributed by atoms with Gasteiger partial charge < -0.3 is 0 Å². The number of halogens is 1. The summed E-state index contributed by atoms with van der Waals surface area (Å²) in [6, 6.07) is 5.46. The lowest BCUT2D eigenvalue weighted by Crippen LogP contribution is -2.25. The van der Waals surface area contributed by atoms with Gasteiger partial charge in [0.2, 0.25) is 0 Å². The molecule has 0 N–H and O–H groups in total. The third kappa shape index (κ3) is 2.45. The fourth-order valence-electron chi connectivity index (χ4n) is 3.41. The quantitative estimate of drug-likeness (QED) is 0.730. The highest BCUT2D eigenvalue weighted by Gasteiger charge is 2.25. The molecule has 0 aliphatic heterocycles. The number of fused-ring (bicyclic) bond motifs is 3. The minimum atomic E-state index is -0.601. The van der Waals surface area contributed by atoms with Crippen molar-refractivity contribution in [2.24, 2.45) is 5.92 Å². The molecule has 0 radical (unpaired) electrons. The fraction of sp³-hybridized carbons (Fsp3) is 0.389. The molecule has 1 unspecified atom stereocenters. The van der Waals surface area contributed by atoms with Crippen LogP contribution in [-0.2, 0) is 19.4 Å². The van der Waals surface area contributed by atoms with E-state index in [0.717, 1.165) is 29.7 Å². The molecule has 124 valence electrons. The average molecular weight is 343 g/mol. The van der Waals surface area contributed by atoms with Gasteiger partial charge in [0.25, 0.3) is 5.56 Å². The monoisotopic (exact) mass is 343 g/mol. The Kier molecular flexibility index (Phi) is 3.92. The lowest BCUT2D eigenvalue weighted by atomic mass is 9.89. The SMILES string of the molecule is CC1CCc2c(sc3nc(-c4ccccn4)n(CCF)c(=O)c23)C1. The molecule has 0 aromatic carbocycles. The maximum atomic E-state index is 13.1. The van der Waals surface area contributed by atoms with E-state index in [1.807, 2.05) is 12.1 Å². The van der Waals surface area contributed by atoms with Gasteiger partial charge in [-0.05, 0) is 42.9 Å². The van der Waals surface area contributed by atoms with Gasteiger partial charge in [-0.1, -0.05) is 13.0 Å². The van der Waals surface area contributed by atoms with Crippen LogP contribution in [0.15, 0.2) is 29.2 Å². The van der Waals surface area contributed by atoms with Crippen molar-refractivity contribution in [3.63, 3.8) is 0 Å². The summed E-state index contributed by atoms with van der Waals surface area (Å²) in [4.78, 5) is 24.1. The highest BCUT2D eigenvalue weighted by Crippen LogP contribution is 2.36. The Bertz CT molecular complexity index is 948. The molecule has 3 heterocycles. The van der Waals surface area contributed by atoms with Gasteiger partial charge in [-0.2, -0.15) is 0 Å². The molecule has 4 nitrogen and oxygen atoms in total. The largest absolute Gasteiger partial charge is 0.288 e. The zero-order chi connectivity index (χ0) is 16.7. The fourth-order valence-corrected chi connectivity index (χ4v) is 4.78. The Morgan fingerprint density at radius 3 is 3.04 bits per heavy atom. The van der Waals surface area contributed by atoms with Gasteiger partial charge in [0.1, 0.15) is 17.2 Å². The molecule has 0 spiro atoms. The van der Waals surface area contributed by atoms with E-state index in [4.69, 9.17) is 4.98 Å². The number of nitrogens with zero attached hydrogens (tertiary/aromatic N) is 3. The predicted molar refractivity (Wildman–Crippen MR) is 94.3 cm³/mol. The first-order valence-corrected chi connectivity index (χ1v) is 9.03. The predicted octanol–water partition coefficient (Wildman–Crippen LogP) is 3.61. The summed E-state index contributed by atoms with van der Waals surface area (Å²) in [6.07, 6.45) is 4.65. The average Bonchev–Trinajstić information content (AvgIpc) is 2.95. The van der Waals surface area contributed by atoms with Crippen LogP contribution in [0.1, 0.15) is 23.8 Å². The molecule has 0 saturated heterocycles. The smallest absolute Gasteiger partial charge is 0.262 e. The third-order valence-electron chi connectivity index (χ3n) is 4.62. The number of aryl methyl sites for hydroxylation is 1. The zero-order valence-electron chi connectivity index (χ0n) is 13.5. The van der Waals surface area contributed by atoms with Gasteiger partial charge in [0.15, 0.2) is 5.82 Å². The van der Waals surface area contributed by atoms with Gasteiger partial charge in [0, 0.05) is 11.1 Å². The first-order chi connectivity index (χ1) is 11.7. The Morgan fingerprint density at radius 1 is 1.42 bits per heavy atom. The van der Waals surface area contributed by atoms with Crippen molar-refractivity contribution < 1.29 is 4.39 Å². The minimum Gasteiger partial charge on any atom is -0.288 e. The van der Waals surface area contributed by atoms with Crippen molar-refractivity contribution in [2.75, 3.05) is 6.67 Å². The summed E-state index contributed by atoms with van der Waals surface area (Å²) < 4.78 is 14.5. The molecule has 0 fully saturated rings. The van der Waals surface area contributed by atoms with E-state index < -0.39 is 6.67 Å². The number of hydrogen-bond donors (Lipinski definition) is 0. The Balaban J connectivity index is 2.00. The second-order valence-electron chi connectivity index (χ2n) is 6.33. The maximum Gasteiger partial charge on any atom is 0.262 e. The van der Waals surface area contributed by atoms with Gasteiger partial charge in [-0.3, -0.25) is 14.3 Å². The van der Waals surface area contributed by atoms with Crippen LogP contribution >= 0.6 is 11.3 Å². The zero-order valence-corrected chi connectivity index (χ0v) is 14.3. The molecule has 0 amide bonds. The summed E-state index contributed by atoms with van der Waals surface area (Å²) >= 11 is 1.61. The minimum absolute atomic E-state index is 0.00863. The molecule has 0 bridgehead atoms. The van der Waals surface area contributed by atoms with Crippen LogP contribution in [0, 0.1) is 5.92 Å². The van der Waals surface area contributed by atoms with E-state index >= 15 is 0 Å². The van der Waals surface area contributed by atoms with Crippen LogP contribution in [0.25, 0.3) is 21.7 Å². The molecule has 1 aliphatic carbocycles. The van der Waals surface area contributed by atoms with Crippen LogP contribution in [-0.4, -0.2) is 21.2 Å². The second kappa shape index (κ2) is 6.09.